The van der Waals surface area contributed by atoms with E-state index in [9.17, 15) is 4.79 Å². The van der Waals surface area contributed by atoms with Crippen LogP contribution in [0.5, 0.6) is 0 Å². The number of fused-ring (bicyclic) bond motifs is 1. The standard InChI is InChI=1S/C17H20N6OS/c24-17(20-13-4-5-16-14(9-13)19-11-25-16)15-10-23(22-21-15)8-6-12-3-1-2-7-18-12/h4-5,9-12,18H,1-3,6-8H2,(H,20,24). The lowest BCUT2D eigenvalue weighted by molar-refractivity contribution is 0.102. The lowest BCUT2D eigenvalue weighted by atomic mass is 10.0. The van der Waals surface area contributed by atoms with Crippen molar-refractivity contribution in [3.8, 4) is 0 Å². The van der Waals surface area contributed by atoms with E-state index >= 15 is 0 Å². The fourth-order valence-electron chi connectivity index (χ4n) is 3.10. The molecule has 0 aliphatic carbocycles. The van der Waals surface area contributed by atoms with E-state index in [1.54, 1.807) is 27.7 Å². The van der Waals surface area contributed by atoms with Crippen molar-refractivity contribution >= 4 is 33.1 Å². The van der Waals surface area contributed by atoms with E-state index in [1.165, 1.54) is 19.3 Å². The van der Waals surface area contributed by atoms with Crippen LogP contribution >= 0.6 is 11.3 Å². The first-order valence-electron chi connectivity index (χ1n) is 8.56. The number of carbonyl (C=O) groups is 1. The van der Waals surface area contributed by atoms with Gasteiger partial charge in [-0.25, -0.2) is 4.98 Å². The molecule has 0 spiro atoms. The molecule has 1 unspecified atom stereocenters. The van der Waals surface area contributed by atoms with Crippen molar-refractivity contribution < 1.29 is 4.79 Å². The number of anilines is 1. The molecule has 25 heavy (non-hydrogen) atoms. The lowest BCUT2D eigenvalue weighted by Crippen LogP contribution is -2.34. The first-order chi connectivity index (χ1) is 12.3. The first-order valence-corrected chi connectivity index (χ1v) is 9.44. The van der Waals surface area contributed by atoms with Gasteiger partial charge >= 0.3 is 0 Å². The normalized spacial score (nSPS) is 17.7. The maximum absolute atomic E-state index is 12.4. The quantitative estimate of drug-likeness (QED) is 0.734. The van der Waals surface area contributed by atoms with Gasteiger partial charge in [-0.1, -0.05) is 11.6 Å². The smallest absolute Gasteiger partial charge is 0.277 e. The van der Waals surface area contributed by atoms with Crippen LogP contribution in [0.15, 0.2) is 29.9 Å². The Hall–Kier alpha value is -2.32. The van der Waals surface area contributed by atoms with E-state index in [-0.39, 0.29) is 5.91 Å². The third-order valence-corrected chi connectivity index (χ3v) is 5.29. The fourth-order valence-corrected chi connectivity index (χ4v) is 3.76. The molecule has 1 aliphatic heterocycles. The fraction of sp³-hybridized carbons (Fsp3) is 0.412. The van der Waals surface area contributed by atoms with E-state index < -0.39 is 0 Å². The van der Waals surface area contributed by atoms with Crippen LogP contribution < -0.4 is 10.6 Å². The van der Waals surface area contributed by atoms with E-state index in [0.717, 1.165) is 29.7 Å². The molecule has 4 rings (SSSR count). The van der Waals surface area contributed by atoms with Crippen molar-refractivity contribution in [3.63, 3.8) is 0 Å². The van der Waals surface area contributed by atoms with Crippen LogP contribution in [-0.4, -0.2) is 38.5 Å². The second-order valence-corrected chi connectivity index (χ2v) is 7.18. The number of carbonyl (C=O) groups excluding carboxylic acids is 1. The van der Waals surface area contributed by atoms with Gasteiger partial charge in [0.25, 0.3) is 5.91 Å². The summed E-state index contributed by atoms with van der Waals surface area (Å²) in [6.45, 7) is 1.86. The third-order valence-electron chi connectivity index (χ3n) is 4.48. The Kier molecular flexibility index (Phi) is 4.71. The predicted molar refractivity (Wildman–Crippen MR) is 97.9 cm³/mol. The van der Waals surface area contributed by atoms with Gasteiger partial charge in [0.15, 0.2) is 5.69 Å². The molecule has 1 aliphatic rings. The largest absolute Gasteiger partial charge is 0.320 e. The monoisotopic (exact) mass is 356 g/mol. The third kappa shape index (κ3) is 3.85. The predicted octanol–water partition coefficient (Wildman–Crippen LogP) is 2.67. The highest BCUT2D eigenvalue weighted by atomic mass is 32.1. The number of nitrogens with zero attached hydrogens (tertiary/aromatic N) is 4. The Morgan fingerprint density at radius 2 is 2.36 bits per heavy atom. The number of thiazole rings is 1. The van der Waals surface area contributed by atoms with Gasteiger partial charge in [-0.05, 0) is 44.0 Å². The van der Waals surface area contributed by atoms with Crippen LogP contribution in [0, 0.1) is 0 Å². The van der Waals surface area contributed by atoms with Gasteiger partial charge in [-0.2, -0.15) is 0 Å². The highest BCUT2D eigenvalue weighted by molar-refractivity contribution is 7.16. The van der Waals surface area contributed by atoms with Crippen LogP contribution in [0.1, 0.15) is 36.2 Å². The number of amides is 1. The topological polar surface area (TPSA) is 84.7 Å². The van der Waals surface area contributed by atoms with Crippen molar-refractivity contribution in [1.82, 2.24) is 25.3 Å². The van der Waals surface area contributed by atoms with Gasteiger partial charge in [-0.3, -0.25) is 9.48 Å². The summed E-state index contributed by atoms with van der Waals surface area (Å²) in [6.07, 6.45) is 6.47. The Balaban J connectivity index is 1.36. The Morgan fingerprint density at radius 3 is 3.24 bits per heavy atom. The van der Waals surface area contributed by atoms with E-state index in [0.29, 0.717) is 17.4 Å². The molecule has 7 nitrogen and oxygen atoms in total. The molecule has 0 radical (unpaired) electrons. The average Bonchev–Trinajstić information content (AvgIpc) is 3.30. The Labute approximate surface area is 149 Å². The molecule has 2 aromatic heterocycles. The minimum absolute atomic E-state index is 0.253. The van der Waals surface area contributed by atoms with Gasteiger partial charge < -0.3 is 10.6 Å². The molecule has 0 saturated carbocycles. The number of benzene rings is 1. The van der Waals surface area contributed by atoms with Gasteiger partial charge in [-0.15, -0.1) is 16.4 Å². The van der Waals surface area contributed by atoms with Gasteiger partial charge in [0.2, 0.25) is 0 Å². The van der Waals surface area contributed by atoms with E-state index in [4.69, 9.17) is 0 Å². The number of rotatable bonds is 5. The minimum Gasteiger partial charge on any atom is -0.320 e. The number of hydrogen-bond donors (Lipinski definition) is 2. The van der Waals surface area contributed by atoms with Gasteiger partial charge in [0, 0.05) is 18.3 Å². The first kappa shape index (κ1) is 16.2. The molecular formula is C17H20N6OS. The molecule has 1 fully saturated rings. The molecule has 8 heteroatoms. The van der Waals surface area contributed by atoms with Crippen LogP contribution in [0.25, 0.3) is 10.2 Å². The minimum atomic E-state index is -0.253. The second-order valence-electron chi connectivity index (χ2n) is 6.29. The summed E-state index contributed by atoms with van der Waals surface area (Å²) in [7, 11) is 0. The maximum atomic E-state index is 12.4. The molecule has 3 heterocycles. The van der Waals surface area contributed by atoms with Gasteiger partial charge in [0.05, 0.1) is 21.9 Å². The molecule has 130 valence electrons. The summed E-state index contributed by atoms with van der Waals surface area (Å²) >= 11 is 1.58. The van der Waals surface area contributed by atoms with Crippen LogP contribution in [0.2, 0.25) is 0 Å². The van der Waals surface area contributed by atoms with Crippen LogP contribution in [0.4, 0.5) is 5.69 Å². The molecule has 1 saturated heterocycles. The number of piperidine rings is 1. The zero-order chi connectivity index (χ0) is 17.1. The highest BCUT2D eigenvalue weighted by Gasteiger charge is 2.15. The summed E-state index contributed by atoms with van der Waals surface area (Å²) in [4.78, 5) is 16.6. The maximum Gasteiger partial charge on any atom is 0.277 e. The van der Waals surface area contributed by atoms with Crippen molar-refractivity contribution in [2.24, 2.45) is 0 Å². The lowest BCUT2D eigenvalue weighted by Gasteiger charge is -2.23. The average molecular weight is 356 g/mol. The number of aromatic nitrogens is 4. The van der Waals surface area contributed by atoms with Crippen LogP contribution in [-0.2, 0) is 6.54 Å². The molecule has 1 amide bonds. The number of nitrogens with one attached hydrogen (secondary N) is 2. The summed E-state index contributed by atoms with van der Waals surface area (Å²) < 4.78 is 2.84. The summed E-state index contributed by atoms with van der Waals surface area (Å²) in [5.41, 5.74) is 3.72. The molecule has 0 bridgehead atoms. The van der Waals surface area contributed by atoms with Crippen LogP contribution in [0.3, 0.4) is 0 Å². The molecular weight excluding hydrogens is 336 g/mol. The summed E-state index contributed by atoms with van der Waals surface area (Å²) in [5, 5.41) is 14.4. The summed E-state index contributed by atoms with van der Waals surface area (Å²) in [5.74, 6) is -0.253. The van der Waals surface area contributed by atoms with Crippen molar-refractivity contribution in [1.29, 1.82) is 0 Å². The van der Waals surface area contributed by atoms with E-state index in [1.807, 2.05) is 18.2 Å². The van der Waals surface area contributed by atoms with E-state index in [2.05, 4.69) is 25.9 Å². The zero-order valence-corrected chi connectivity index (χ0v) is 14.6. The highest BCUT2D eigenvalue weighted by Crippen LogP contribution is 2.21. The zero-order valence-electron chi connectivity index (χ0n) is 13.8. The molecule has 2 N–H and O–H groups in total. The number of aryl methyl sites for hydroxylation is 1. The van der Waals surface area contributed by atoms with Crippen molar-refractivity contribution in [2.45, 2.75) is 38.3 Å². The summed E-state index contributed by atoms with van der Waals surface area (Å²) in [6, 6.07) is 6.23. The van der Waals surface area contributed by atoms with Gasteiger partial charge in [0.1, 0.15) is 0 Å². The van der Waals surface area contributed by atoms with Crippen molar-refractivity contribution in [2.75, 3.05) is 11.9 Å². The Bertz CT molecular complexity index is 867. The SMILES string of the molecule is O=C(Nc1ccc2scnc2c1)c1cn(CCC2CCCCN2)nn1. The molecule has 1 atom stereocenters. The molecule has 3 aromatic rings. The van der Waals surface area contributed by atoms with Crippen molar-refractivity contribution in [3.05, 3.63) is 35.6 Å². The Morgan fingerprint density at radius 1 is 1.40 bits per heavy atom. The molecule has 1 aromatic carbocycles. The number of hydrogen-bond acceptors (Lipinski definition) is 6. The second kappa shape index (κ2) is 7.28.